The third kappa shape index (κ3) is 2.04. The third-order valence-corrected chi connectivity index (χ3v) is 3.20. The number of methoxy groups -OCH3 is 1. The first-order chi connectivity index (χ1) is 8.54. The fourth-order valence-electron chi connectivity index (χ4n) is 2.21. The first-order valence-corrected chi connectivity index (χ1v) is 5.91. The summed E-state index contributed by atoms with van der Waals surface area (Å²) in [5.41, 5.74) is 11.5. The summed E-state index contributed by atoms with van der Waals surface area (Å²) < 4.78 is 5.33. The summed E-state index contributed by atoms with van der Waals surface area (Å²) in [6.07, 6.45) is 1.74. The van der Waals surface area contributed by atoms with Crippen LogP contribution in [0, 0.1) is 20.8 Å². The Bertz CT molecular complexity index is 571. The van der Waals surface area contributed by atoms with Crippen molar-refractivity contribution in [1.29, 1.82) is 0 Å². The number of nitrogens with two attached hydrogens (primary N) is 1. The molecule has 0 amide bonds. The van der Waals surface area contributed by atoms with Crippen LogP contribution in [0.15, 0.2) is 24.4 Å². The maximum absolute atomic E-state index is 6.00. The van der Waals surface area contributed by atoms with Gasteiger partial charge in [-0.15, -0.1) is 0 Å². The third-order valence-electron chi connectivity index (χ3n) is 3.20. The molecule has 0 saturated carbocycles. The van der Waals surface area contributed by atoms with E-state index in [-0.39, 0.29) is 0 Å². The van der Waals surface area contributed by atoms with Crippen LogP contribution in [-0.2, 0) is 0 Å². The summed E-state index contributed by atoms with van der Waals surface area (Å²) >= 11 is 0. The van der Waals surface area contributed by atoms with E-state index in [1.807, 2.05) is 26.0 Å². The predicted molar refractivity (Wildman–Crippen MR) is 74.8 cm³/mol. The van der Waals surface area contributed by atoms with Gasteiger partial charge in [-0.05, 0) is 61.2 Å². The van der Waals surface area contributed by atoms with Gasteiger partial charge in [-0.1, -0.05) is 0 Å². The molecular weight excluding hydrogens is 224 g/mol. The van der Waals surface area contributed by atoms with E-state index >= 15 is 0 Å². The lowest BCUT2D eigenvalue weighted by Crippen LogP contribution is -1.99. The van der Waals surface area contributed by atoms with Crippen LogP contribution >= 0.6 is 0 Å². The summed E-state index contributed by atoms with van der Waals surface area (Å²) in [5, 5.41) is 0. The topological polar surface area (TPSA) is 48.1 Å². The number of anilines is 1. The number of hydrogen-bond donors (Lipinski definition) is 1. The molecule has 0 unspecified atom stereocenters. The Kier molecular flexibility index (Phi) is 3.24. The summed E-state index contributed by atoms with van der Waals surface area (Å²) in [7, 11) is 1.69. The van der Waals surface area contributed by atoms with Gasteiger partial charge >= 0.3 is 0 Å². The van der Waals surface area contributed by atoms with Crippen molar-refractivity contribution in [2.45, 2.75) is 20.8 Å². The maximum Gasteiger partial charge on any atom is 0.131 e. The maximum atomic E-state index is 6.00. The van der Waals surface area contributed by atoms with Crippen LogP contribution in [0.1, 0.15) is 16.7 Å². The van der Waals surface area contributed by atoms with E-state index in [4.69, 9.17) is 10.5 Å². The Labute approximate surface area is 108 Å². The minimum absolute atomic E-state index is 0.572. The molecule has 0 spiro atoms. The SMILES string of the molecule is COc1cc(C)c(-c2c(C)ccnc2N)cc1C. The Morgan fingerprint density at radius 2 is 1.78 bits per heavy atom. The molecule has 18 heavy (non-hydrogen) atoms. The van der Waals surface area contributed by atoms with Crippen LogP contribution in [0.2, 0.25) is 0 Å². The number of nitrogens with zero attached hydrogens (tertiary/aromatic N) is 1. The molecule has 0 aliphatic carbocycles. The average Bonchev–Trinajstić information content (AvgIpc) is 2.32. The molecule has 1 aromatic carbocycles. The van der Waals surface area contributed by atoms with E-state index in [0.717, 1.165) is 33.6 Å². The Morgan fingerprint density at radius 3 is 2.39 bits per heavy atom. The highest BCUT2D eigenvalue weighted by molar-refractivity contribution is 5.80. The fourth-order valence-corrected chi connectivity index (χ4v) is 2.21. The van der Waals surface area contributed by atoms with Crippen molar-refractivity contribution in [3.8, 4) is 16.9 Å². The minimum Gasteiger partial charge on any atom is -0.496 e. The molecule has 1 aromatic heterocycles. The molecule has 2 aromatic rings. The van der Waals surface area contributed by atoms with Gasteiger partial charge in [-0.3, -0.25) is 0 Å². The zero-order chi connectivity index (χ0) is 13.3. The molecule has 2 N–H and O–H groups in total. The van der Waals surface area contributed by atoms with Gasteiger partial charge in [0, 0.05) is 11.8 Å². The van der Waals surface area contributed by atoms with Crippen LogP contribution < -0.4 is 10.5 Å². The zero-order valence-electron chi connectivity index (χ0n) is 11.2. The number of benzene rings is 1. The van der Waals surface area contributed by atoms with Gasteiger partial charge in [-0.2, -0.15) is 0 Å². The molecule has 1 heterocycles. The first kappa shape index (κ1) is 12.4. The summed E-state index contributed by atoms with van der Waals surface area (Å²) in [4.78, 5) is 4.18. The van der Waals surface area contributed by atoms with Crippen molar-refractivity contribution in [2.75, 3.05) is 12.8 Å². The smallest absolute Gasteiger partial charge is 0.131 e. The second kappa shape index (κ2) is 4.69. The van der Waals surface area contributed by atoms with Gasteiger partial charge in [-0.25, -0.2) is 4.98 Å². The lowest BCUT2D eigenvalue weighted by Gasteiger charge is -2.14. The van der Waals surface area contributed by atoms with E-state index in [2.05, 4.69) is 18.0 Å². The second-order valence-corrected chi connectivity index (χ2v) is 4.52. The molecule has 0 saturated heterocycles. The number of aryl methyl sites for hydroxylation is 3. The normalized spacial score (nSPS) is 10.4. The summed E-state index contributed by atoms with van der Waals surface area (Å²) in [6, 6.07) is 6.12. The van der Waals surface area contributed by atoms with Crippen LogP contribution in [0.5, 0.6) is 5.75 Å². The van der Waals surface area contributed by atoms with Gasteiger partial charge in [0.25, 0.3) is 0 Å². The number of aromatic nitrogens is 1. The fraction of sp³-hybridized carbons (Fsp3) is 0.267. The highest BCUT2D eigenvalue weighted by Crippen LogP contribution is 2.34. The molecule has 3 nitrogen and oxygen atoms in total. The quantitative estimate of drug-likeness (QED) is 0.879. The van der Waals surface area contributed by atoms with Crippen molar-refractivity contribution in [3.05, 3.63) is 41.1 Å². The molecule has 0 fully saturated rings. The van der Waals surface area contributed by atoms with Crippen LogP contribution in [0.4, 0.5) is 5.82 Å². The molecule has 0 bridgehead atoms. The lowest BCUT2D eigenvalue weighted by molar-refractivity contribution is 0.411. The van der Waals surface area contributed by atoms with E-state index in [1.54, 1.807) is 13.3 Å². The van der Waals surface area contributed by atoms with Crippen molar-refractivity contribution in [3.63, 3.8) is 0 Å². The first-order valence-electron chi connectivity index (χ1n) is 5.91. The molecule has 0 radical (unpaired) electrons. The van der Waals surface area contributed by atoms with E-state index in [0.29, 0.717) is 5.82 Å². The van der Waals surface area contributed by atoms with E-state index in [9.17, 15) is 0 Å². The summed E-state index contributed by atoms with van der Waals surface area (Å²) in [6.45, 7) is 6.14. The molecule has 94 valence electrons. The van der Waals surface area contributed by atoms with Gasteiger partial charge in [0.1, 0.15) is 11.6 Å². The van der Waals surface area contributed by atoms with Gasteiger partial charge in [0.05, 0.1) is 7.11 Å². The Balaban J connectivity index is 2.68. The van der Waals surface area contributed by atoms with Crippen LogP contribution in [-0.4, -0.2) is 12.1 Å². The Hall–Kier alpha value is -2.03. The van der Waals surface area contributed by atoms with Crippen molar-refractivity contribution in [1.82, 2.24) is 4.98 Å². The lowest BCUT2D eigenvalue weighted by atomic mass is 9.95. The molecule has 0 aliphatic rings. The molecule has 0 aliphatic heterocycles. The van der Waals surface area contributed by atoms with Crippen molar-refractivity contribution in [2.24, 2.45) is 0 Å². The standard InChI is InChI=1S/C15H18N2O/c1-9-5-6-17-15(16)14(9)12-7-11(3)13(18-4)8-10(12)2/h5-8H,1-4H3,(H2,16,17). The molecule has 3 heteroatoms. The molecule has 2 rings (SSSR count). The number of ether oxygens (including phenoxy) is 1. The highest BCUT2D eigenvalue weighted by Gasteiger charge is 2.12. The summed E-state index contributed by atoms with van der Waals surface area (Å²) in [5.74, 6) is 1.47. The average molecular weight is 242 g/mol. The number of rotatable bonds is 2. The molecular formula is C15H18N2O. The van der Waals surface area contributed by atoms with Crippen molar-refractivity contribution >= 4 is 5.82 Å². The largest absolute Gasteiger partial charge is 0.496 e. The predicted octanol–water partition coefficient (Wildman–Crippen LogP) is 3.26. The van der Waals surface area contributed by atoms with Crippen molar-refractivity contribution < 1.29 is 4.74 Å². The second-order valence-electron chi connectivity index (χ2n) is 4.52. The van der Waals surface area contributed by atoms with Gasteiger partial charge in [0.15, 0.2) is 0 Å². The van der Waals surface area contributed by atoms with Gasteiger partial charge < -0.3 is 10.5 Å². The van der Waals surface area contributed by atoms with Gasteiger partial charge in [0.2, 0.25) is 0 Å². The monoisotopic (exact) mass is 242 g/mol. The minimum atomic E-state index is 0.572. The number of pyridine rings is 1. The Morgan fingerprint density at radius 1 is 1.06 bits per heavy atom. The molecule has 0 atom stereocenters. The van der Waals surface area contributed by atoms with E-state index in [1.165, 1.54) is 0 Å². The number of nitrogen functional groups attached to an aromatic ring is 1. The van der Waals surface area contributed by atoms with Crippen LogP contribution in [0.25, 0.3) is 11.1 Å². The zero-order valence-corrected chi connectivity index (χ0v) is 11.2. The van der Waals surface area contributed by atoms with Crippen LogP contribution in [0.3, 0.4) is 0 Å². The highest BCUT2D eigenvalue weighted by atomic mass is 16.5. The van der Waals surface area contributed by atoms with E-state index < -0.39 is 0 Å². The number of hydrogen-bond acceptors (Lipinski definition) is 3.